The van der Waals surface area contributed by atoms with Crippen LogP contribution >= 0.6 is 0 Å². The molecule has 1 amide bonds. The lowest BCUT2D eigenvalue weighted by Gasteiger charge is -2.30. The molecule has 1 heterocycles. The number of aromatic nitrogens is 2. The standard InChI is InChI=1S/C25H32N4O/c1-5-28(6-2)24(21-13-9-7-10-14-21)18-26-25(30)17-23-19(3)27-29(20(23)4)22-15-11-8-12-16-22/h7-16,24H,5-6,17-18H2,1-4H3,(H,26,30)/t24-/m1/s1. The highest BCUT2D eigenvalue weighted by Gasteiger charge is 2.20. The van der Waals surface area contributed by atoms with Crippen molar-refractivity contribution in [2.24, 2.45) is 0 Å². The van der Waals surface area contributed by atoms with Gasteiger partial charge in [-0.1, -0.05) is 62.4 Å². The van der Waals surface area contributed by atoms with E-state index in [1.54, 1.807) is 0 Å². The van der Waals surface area contributed by atoms with E-state index in [0.29, 0.717) is 13.0 Å². The Morgan fingerprint density at radius 1 is 1.00 bits per heavy atom. The van der Waals surface area contributed by atoms with E-state index in [4.69, 9.17) is 0 Å². The Hall–Kier alpha value is -2.92. The summed E-state index contributed by atoms with van der Waals surface area (Å²) in [5.74, 6) is 0.0295. The fourth-order valence-corrected chi connectivity index (χ4v) is 3.98. The summed E-state index contributed by atoms with van der Waals surface area (Å²) >= 11 is 0. The van der Waals surface area contributed by atoms with E-state index in [1.807, 2.05) is 54.9 Å². The molecule has 5 heteroatoms. The van der Waals surface area contributed by atoms with Crippen LogP contribution in [0.2, 0.25) is 0 Å². The molecule has 0 fully saturated rings. The van der Waals surface area contributed by atoms with Crippen LogP contribution in [0.5, 0.6) is 0 Å². The van der Waals surface area contributed by atoms with Crippen molar-refractivity contribution < 1.29 is 4.79 Å². The van der Waals surface area contributed by atoms with E-state index in [2.05, 4.69) is 53.4 Å². The molecule has 2 aromatic carbocycles. The molecule has 3 rings (SSSR count). The van der Waals surface area contributed by atoms with Gasteiger partial charge in [-0.05, 0) is 44.6 Å². The number of para-hydroxylation sites is 1. The number of carbonyl (C=O) groups is 1. The average molecular weight is 405 g/mol. The highest BCUT2D eigenvalue weighted by Crippen LogP contribution is 2.21. The Kier molecular flexibility index (Phi) is 7.41. The molecule has 1 N–H and O–H groups in total. The molecule has 5 nitrogen and oxygen atoms in total. The van der Waals surface area contributed by atoms with E-state index in [0.717, 1.165) is 35.7 Å². The van der Waals surface area contributed by atoms with E-state index in [1.165, 1.54) is 5.56 Å². The number of hydrogen-bond acceptors (Lipinski definition) is 3. The van der Waals surface area contributed by atoms with Gasteiger partial charge in [0, 0.05) is 17.8 Å². The molecule has 30 heavy (non-hydrogen) atoms. The van der Waals surface area contributed by atoms with Gasteiger partial charge in [0.2, 0.25) is 5.91 Å². The Morgan fingerprint density at radius 2 is 1.60 bits per heavy atom. The second-order valence-corrected chi connectivity index (χ2v) is 7.53. The molecule has 158 valence electrons. The zero-order valence-corrected chi connectivity index (χ0v) is 18.4. The minimum Gasteiger partial charge on any atom is -0.354 e. The molecule has 3 aromatic rings. The third kappa shape index (κ3) is 4.97. The third-order valence-corrected chi connectivity index (χ3v) is 5.71. The summed E-state index contributed by atoms with van der Waals surface area (Å²) in [4.78, 5) is 15.2. The highest BCUT2D eigenvalue weighted by molar-refractivity contribution is 5.79. The number of aryl methyl sites for hydroxylation is 1. The van der Waals surface area contributed by atoms with Crippen molar-refractivity contribution >= 4 is 5.91 Å². The lowest BCUT2D eigenvalue weighted by molar-refractivity contribution is -0.120. The molecule has 0 aliphatic heterocycles. The molecule has 1 atom stereocenters. The van der Waals surface area contributed by atoms with Gasteiger partial charge < -0.3 is 5.32 Å². The van der Waals surface area contributed by atoms with Gasteiger partial charge >= 0.3 is 0 Å². The molecule has 0 aliphatic carbocycles. The monoisotopic (exact) mass is 404 g/mol. The number of nitrogens with zero attached hydrogens (tertiary/aromatic N) is 3. The van der Waals surface area contributed by atoms with Gasteiger partial charge in [0.1, 0.15) is 0 Å². The first-order valence-electron chi connectivity index (χ1n) is 10.7. The normalized spacial score (nSPS) is 12.2. The fourth-order valence-electron chi connectivity index (χ4n) is 3.98. The lowest BCUT2D eigenvalue weighted by atomic mass is 10.0. The van der Waals surface area contributed by atoms with E-state index in [9.17, 15) is 4.79 Å². The first-order valence-corrected chi connectivity index (χ1v) is 10.7. The molecule has 0 saturated carbocycles. The summed E-state index contributed by atoms with van der Waals surface area (Å²) < 4.78 is 1.92. The maximum atomic E-state index is 12.8. The number of hydrogen-bond donors (Lipinski definition) is 1. The number of nitrogens with one attached hydrogen (secondary N) is 1. The first kappa shape index (κ1) is 21.8. The summed E-state index contributed by atoms with van der Waals surface area (Å²) in [5.41, 5.74) is 5.14. The zero-order valence-electron chi connectivity index (χ0n) is 18.4. The molecule has 0 bridgehead atoms. The zero-order chi connectivity index (χ0) is 21.5. The van der Waals surface area contributed by atoms with Crippen LogP contribution in [0, 0.1) is 13.8 Å². The highest BCUT2D eigenvalue weighted by atomic mass is 16.1. The van der Waals surface area contributed by atoms with Gasteiger partial charge in [-0.2, -0.15) is 5.10 Å². The molecule has 1 aromatic heterocycles. The summed E-state index contributed by atoms with van der Waals surface area (Å²) in [7, 11) is 0. The van der Waals surface area contributed by atoms with Crippen molar-refractivity contribution in [3.63, 3.8) is 0 Å². The number of likely N-dealkylation sites (N-methyl/N-ethyl adjacent to an activating group) is 1. The number of benzene rings is 2. The largest absolute Gasteiger partial charge is 0.354 e. The molecule has 0 aliphatic rings. The molecular formula is C25H32N4O. The lowest BCUT2D eigenvalue weighted by Crippen LogP contribution is -2.38. The Labute approximate surface area is 179 Å². The van der Waals surface area contributed by atoms with Crippen molar-refractivity contribution in [1.82, 2.24) is 20.0 Å². The van der Waals surface area contributed by atoms with Crippen molar-refractivity contribution in [3.05, 3.63) is 83.2 Å². The summed E-state index contributed by atoms with van der Waals surface area (Å²) in [6.07, 6.45) is 0.338. The smallest absolute Gasteiger partial charge is 0.224 e. The van der Waals surface area contributed by atoms with Gasteiger partial charge in [0.05, 0.1) is 23.8 Å². The Balaban J connectivity index is 1.71. The van der Waals surface area contributed by atoms with Crippen LogP contribution in [0.1, 0.15) is 42.4 Å². The molecular weight excluding hydrogens is 372 g/mol. The fraction of sp³-hybridized carbons (Fsp3) is 0.360. The van der Waals surface area contributed by atoms with Crippen LogP contribution in [0.4, 0.5) is 0 Å². The second-order valence-electron chi connectivity index (χ2n) is 7.53. The predicted octanol–water partition coefficient (Wildman–Crippen LogP) is 4.23. The number of rotatable bonds is 9. The van der Waals surface area contributed by atoms with E-state index >= 15 is 0 Å². The van der Waals surface area contributed by atoms with Crippen molar-refractivity contribution in [2.75, 3.05) is 19.6 Å². The van der Waals surface area contributed by atoms with Gasteiger partial charge in [0.15, 0.2) is 0 Å². The Morgan fingerprint density at radius 3 is 2.20 bits per heavy atom. The van der Waals surface area contributed by atoms with Crippen molar-refractivity contribution in [1.29, 1.82) is 0 Å². The Bertz CT molecular complexity index is 946. The molecule has 0 spiro atoms. The predicted molar refractivity (Wildman–Crippen MR) is 122 cm³/mol. The topological polar surface area (TPSA) is 50.2 Å². The third-order valence-electron chi connectivity index (χ3n) is 5.71. The van der Waals surface area contributed by atoms with Crippen LogP contribution in [0.3, 0.4) is 0 Å². The van der Waals surface area contributed by atoms with Gasteiger partial charge in [-0.25, -0.2) is 4.68 Å². The maximum Gasteiger partial charge on any atom is 0.224 e. The van der Waals surface area contributed by atoms with Gasteiger partial charge in [-0.3, -0.25) is 9.69 Å². The summed E-state index contributed by atoms with van der Waals surface area (Å²) in [5, 5.41) is 7.82. The van der Waals surface area contributed by atoms with Crippen molar-refractivity contribution in [2.45, 2.75) is 40.2 Å². The SMILES string of the molecule is CCN(CC)[C@H](CNC(=O)Cc1c(C)nn(-c2ccccc2)c1C)c1ccccc1. The van der Waals surface area contributed by atoms with Gasteiger partial charge in [0.25, 0.3) is 0 Å². The second kappa shape index (κ2) is 10.2. The minimum atomic E-state index is 0.0295. The molecule has 0 unspecified atom stereocenters. The quantitative estimate of drug-likeness (QED) is 0.581. The van der Waals surface area contributed by atoms with Crippen LogP contribution in [-0.4, -0.2) is 40.2 Å². The van der Waals surface area contributed by atoms with E-state index < -0.39 is 0 Å². The summed E-state index contributed by atoms with van der Waals surface area (Å²) in [6, 6.07) is 20.6. The number of carbonyl (C=O) groups excluding carboxylic acids is 1. The van der Waals surface area contributed by atoms with Crippen LogP contribution in [-0.2, 0) is 11.2 Å². The number of amides is 1. The summed E-state index contributed by atoms with van der Waals surface area (Å²) in [6.45, 7) is 10.8. The maximum absolute atomic E-state index is 12.8. The average Bonchev–Trinajstić information content (AvgIpc) is 3.06. The van der Waals surface area contributed by atoms with Crippen molar-refractivity contribution in [3.8, 4) is 5.69 Å². The minimum absolute atomic E-state index is 0.0295. The van der Waals surface area contributed by atoms with Crippen LogP contribution in [0.25, 0.3) is 5.69 Å². The van der Waals surface area contributed by atoms with Crippen LogP contribution in [0.15, 0.2) is 60.7 Å². The van der Waals surface area contributed by atoms with Gasteiger partial charge in [-0.15, -0.1) is 0 Å². The molecule has 0 saturated heterocycles. The van der Waals surface area contributed by atoms with E-state index in [-0.39, 0.29) is 11.9 Å². The van der Waals surface area contributed by atoms with Crippen LogP contribution < -0.4 is 5.32 Å². The molecule has 0 radical (unpaired) electrons. The first-order chi connectivity index (χ1) is 14.5.